The molecule has 1 aromatic rings. The highest BCUT2D eigenvalue weighted by atomic mass is 16.5. The molecule has 4 heteroatoms. The molecule has 0 aliphatic carbocycles. The Morgan fingerprint density at radius 2 is 2.08 bits per heavy atom. The summed E-state index contributed by atoms with van der Waals surface area (Å²) in [6.45, 7) is -0.266. The van der Waals surface area contributed by atoms with Crippen LogP contribution in [0.15, 0.2) is 24.3 Å². The van der Waals surface area contributed by atoms with Gasteiger partial charge >= 0.3 is 0 Å². The predicted octanol–water partition coefficient (Wildman–Crippen LogP) is 0.000800. The first kappa shape index (κ1) is 9.83. The van der Waals surface area contributed by atoms with Crippen molar-refractivity contribution in [3.05, 3.63) is 24.3 Å². The highest BCUT2D eigenvalue weighted by molar-refractivity contribution is 5.51. The summed E-state index contributed by atoms with van der Waals surface area (Å²) in [5.41, 5.74) is 6.10. The number of hydrogen-bond acceptors (Lipinski definition) is 4. The number of anilines is 1. The fraction of sp³-hybridized carbons (Fsp3) is 0.333. The normalized spacial score (nSPS) is 12.5. The Kier molecular flexibility index (Phi) is 3.54. The summed E-state index contributed by atoms with van der Waals surface area (Å²) < 4.78 is 5.15. The van der Waals surface area contributed by atoms with Crippen molar-refractivity contribution in [3.63, 3.8) is 0 Å². The molecular weight excluding hydrogens is 170 g/mol. The van der Waals surface area contributed by atoms with Crippen molar-refractivity contribution in [3.8, 4) is 5.75 Å². The summed E-state index contributed by atoms with van der Waals surface area (Å²) in [6.07, 6.45) is -0.861. The molecule has 0 heterocycles. The van der Waals surface area contributed by atoms with Crippen molar-refractivity contribution < 1.29 is 14.9 Å². The first-order valence-corrected chi connectivity index (χ1v) is 4.00. The average Bonchev–Trinajstić information content (AvgIpc) is 2.16. The van der Waals surface area contributed by atoms with E-state index >= 15 is 0 Å². The monoisotopic (exact) mass is 183 g/mol. The van der Waals surface area contributed by atoms with Crippen molar-refractivity contribution >= 4 is 5.69 Å². The number of benzene rings is 1. The maximum absolute atomic E-state index is 8.99. The SMILES string of the molecule is Nc1ccccc1OC[C@@H](O)CO. The molecule has 4 nitrogen and oxygen atoms in total. The molecule has 0 amide bonds. The van der Waals surface area contributed by atoms with Crippen molar-refractivity contribution in [2.75, 3.05) is 18.9 Å². The lowest BCUT2D eigenvalue weighted by Crippen LogP contribution is -2.21. The van der Waals surface area contributed by atoms with Crippen LogP contribution in [0.25, 0.3) is 0 Å². The van der Waals surface area contributed by atoms with Crippen LogP contribution in [-0.2, 0) is 0 Å². The Hall–Kier alpha value is -1.26. The van der Waals surface area contributed by atoms with Crippen LogP contribution in [0.2, 0.25) is 0 Å². The zero-order valence-electron chi connectivity index (χ0n) is 7.18. The Morgan fingerprint density at radius 3 is 2.69 bits per heavy atom. The number of aliphatic hydroxyl groups excluding tert-OH is 2. The van der Waals surface area contributed by atoms with Crippen LogP contribution in [0.3, 0.4) is 0 Å². The van der Waals surface area contributed by atoms with E-state index in [9.17, 15) is 0 Å². The zero-order valence-corrected chi connectivity index (χ0v) is 7.18. The van der Waals surface area contributed by atoms with E-state index in [1.807, 2.05) is 0 Å². The molecule has 0 spiro atoms. The van der Waals surface area contributed by atoms with Gasteiger partial charge in [-0.05, 0) is 12.1 Å². The van der Waals surface area contributed by atoms with Crippen LogP contribution in [0, 0.1) is 0 Å². The summed E-state index contributed by atoms with van der Waals surface area (Å²) >= 11 is 0. The molecule has 72 valence electrons. The van der Waals surface area contributed by atoms with Gasteiger partial charge in [0.1, 0.15) is 18.5 Å². The summed E-state index contributed by atoms with van der Waals surface area (Å²) in [7, 11) is 0. The highest BCUT2D eigenvalue weighted by Gasteiger charge is 2.04. The van der Waals surface area contributed by atoms with E-state index in [1.165, 1.54) is 0 Å². The first-order valence-electron chi connectivity index (χ1n) is 4.00. The van der Waals surface area contributed by atoms with Gasteiger partial charge in [-0.2, -0.15) is 0 Å². The molecule has 0 saturated heterocycles. The van der Waals surface area contributed by atoms with Gasteiger partial charge in [-0.1, -0.05) is 12.1 Å². The third-order valence-electron chi connectivity index (χ3n) is 1.56. The Balaban J connectivity index is 2.50. The lowest BCUT2D eigenvalue weighted by molar-refractivity contribution is 0.0538. The van der Waals surface area contributed by atoms with E-state index in [0.717, 1.165) is 0 Å². The van der Waals surface area contributed by atoms with E-state index in [1.54, 1.807) is 24.3 Å². The summed E-state index contributed by atoms with van der Waals surface area (Å²) in [5.74, 6) is 0.523. The van der Waals surface area contributed by atoms with Gasteiger partial charge in [0.05, 0.1) is 12.3 Å². The zero-order chi connectivity index (χ0) is 9.68. The Bertz CT molecular complexity index is 265. The second kappa shape index (κ2) is 4.69. The number of hydrogen-bond donors (Lipinski definition) is 3. The molecular formula is C9H13NO3. The van der Waals surface area contributed by atoms with Gasteiger partial charge in [0.25, 0.3) is 0 Å². The number of nitrogens with two attached hydrogens (primary N) is 1. The van der Waals surface area contributed by atoms with Gasteiger partial charge in [0.2, 0.25) is 0 Å². The minimum absolute atomic E-state index is 0.0463. The third kappa shape index (κ3) is 2.93. The highest BCUT2D eigenvalue weighted by Crippen LogP contribution is 2.19. The van der Waals surface area contributed by atoms with Gasteiger partial charge < -0.3 is 20.7 Å². The first-order chi connectivity index (χ1) is 6.24. The van der Waals surface area contributed by atoms with Crippen LogP contribution in [0.1, 0.15) is 0 Å². The minimum atomic E-state index is -0.861. The molecule has 0 aliphatic heterocycles. The van der Waals surface area contributed by atoms with Crippen molar-refractivity contribution in [2.24, 2.45) is 0 Å². The van der Waals surface area contributed by atoms with E-state index in [-0.39, 0.29) is 13.2 Å². The molecule has 0 bridgehead atoms. The van der Waals surface area contributed by atoms with Crippen LogP contribution < -0.4 is 10.5 Å². The molecule has 0 fully saturated rings. The fourth-order valence-electron chi connectivity index (χ4n) is 0.851. The molecule has 1 aromatic carbocycles. The van der Waals surface area contributed by atoms with Gasteiger partial charge in [-0.15, -0.1) is 0 Å². The molecule has 1 atom stereocenters. The third-order valence-corrected chi connectivity index (χ3v) is 1.56. The van der Waals surface area contributed by atoms with E-state index in [4.69, 9.17) is 20.7 Å². The van der Waals surface area contributed by atoms with Gasteiger partial charge in [0, 0.05) is 0 Å². The fourth-order valence-corrected chi connectivity index (χ4v) is 0.851. The maximum Gasteiger partial charge on any atom is 0.142 e. The topological polar surface area (TPSA) is 75.7 Å². The molecule has 0 aromatic heterocycles. The van der Waals surface area contributed by atoms with Gasteiger partial charge in [-0.3, -0.25) is 0 Å². The molecule has 13 heavy (non-hydrogen) atoms. The van der Waals surface area contributed by atoms with Crippen LogP contribution >= 0.6 is 0 Å². The second-order valence-electron chi connectivity index (χ2n) is 2.69. The predicted molar refractivity (Wildman–Crippen MR) is 49.4 cm³/mol. The van der Waals surface area contributed by atoms with Gasteiger partial charge in [-0.25, -0.2) is 0 Å². The van der Waals surface area contributed by atoms with E-state index < -0.39 is 6.10 Å². The second-order valence-corrected chi connectivity index (χ2v) is 2.69. The number of rotatable bonds is 4. The molecule has 0 radical (unpaired) electrons. The Labute approximate surface area is 76.6 Å². The molecule has 1 rings (SSSR count). The van der Waals surface area contributed by atoms with Gasteiger partial charge in [0.15, 0.2) is 0 Å². The lowest BCUT2D eigenvalue weighted by Gasteiger charge is -2.10. The number of para-hydroxylation sites is 2. The van der Waals surface area contributed by atoms with E-state index in [2.05, 4.69) is 0 Å². The van der Waals surface area contributed by atoms with Crippen LogP contribution in [0.4, 0.5) is 5.69 Å². The number of aliphatic hydroxyl groups is 2. The van der Waals surface area contributed by atoms with Crippen LogP contribution in [-0.4, -0.2) is 29.5 Å². The molecule has 0 saturated carbocycles. The molecule has 0 unspecified atom stereocenters. The molecule has 4 N–H and O–H groups in total. The summed E-state index contributed by atoms with van der Waals surface area (Å²) in [6, 6.07) is 7.00. The van der Waals surface area contributed by atoms with Crippen molar-refractivity contribution in [1.82, 2.24) is 0 Å². The maximum atomic E-state index is 8.99. The Morgan fingerprint density at radius 1 is 1.38 bits per heavy atom. The number of ether oxygens (including phenoxy) is 1. The van der Waals surface area contributed by atoms with Crippen molar-refractivity contribution in [1.29, 1.82) is 0 Å². The number of nitrogen functional groups attached to an aromatic ring is 1. The summed E-state index contributed by atoms with van der Waals surface area (Å²) in [5, 5.41) is 17.5. The smallest absolute Gasteiger partial charge is 0.142 e. The quantitative estimate of drug-likeness (QED) is 0.574. The summed E-state index contributed by atoms with van der Waals surface area (Å²) in [4.78, 5) is 0. The van der Waals surface area contributed by atoms with Crippen molar-refractivity contribution in [2.45, 2.75) is 6.10 Å². The largest absolute Gasteiger partial charge is 0.489 e. The molecule has 0 aliphatic rings. The standard InChI is InChI=1S/C9H13NO3/c10-8-3-1-2-4-9(8)13-6-7(12)5-11/h1-4,7,11-12H,5-6,10H2/t7-/m0/s1. The lowest BCUT2D eigenvalue weighted by atomic mass is 10.3. The van der Waals surface area contributed by atoms with Crippen LogP contribution in [0.5, 0.6) is 5.75 Å². The van der Waals surface area contributed by atoms with E-state index in [0.29, 0.717) is 11.4 Å². The average molecular weight is 183 g/mol. The minimum Gasteiger partial charge on any atom is -0.489 e.